The minimum atomic E-state index is -0.124. The van der Waals surface area contributed by atoms with Gasteiger partial charge in [0.25, 0.3) is 5.91 Å². The van der Waals surface area contributed by atoms with Crippen LogP contribution in [-0.2, 0) is 11.2 Å². The largest absolute Gasteiger partial charge is 0.486 e. The van der Waals surface area contributed by atoms with Crippen LogP contribution in [0, 0.1) is 6.92 Å². The van der Waals surface area contributed by atoms with E-state index in [0.717, 1.165) is 17.5 Å². The second-order valence-corrected chi connectivity index (χ2v) is 6.33. The summed E-state index contributed by atoms with van der Waals surface area (Å²) in [6.07, 6.45) is 0.813. The summed E-state index contributed by atoms with van der Waals surface area (Å²) in [6.45, 7) is 4.07. The van der Waals surface area contributed by atoms with Crippen LogP contribution in [-0.4, -0.2) is 32.3 Å². The summed E-state index contributed by atoms with van der Waals surface area (Å²) in [6, 6.07) is 11.9. The quantitative estimate of drug-likeness (QED) is 0.934. The van der Waals surface area contributed by atoms with Crippen LogP contribution < -0.4 is 14.8 Å². The maximum atomic E-state index is 12.6. The Labute approximate surface area is 146 Å². The SMILES string of the molecule is Cc1cc2c(cc1C(=O)NCC1OCCc3ccccc31)OCCO2. The summed E-state index contributed by atoms with van der Waals surface area (Å²) in [4.78, 5) is 12.6. The topological polar surface area (TPSA) is 56.8 Å². The van der Waals surface area contributed by atoms with Gasteiger partial charge in [0.05, 0.1) is 6.61 Å². The van der Waals surface area contributed by atoms with Gasteiger partial charge in [-0.15, -0.1) is 0 Å². The van der Waals surface area contributed by atoms with E-state index in [1.165, 1.54) is 5.56 Å². The predicted octanol–water partition coefficient (Wildman–Crippen LogP) is 2.81. The first-order valence-electron chi connectivity index (χ1n) is 8.60. The van der Waals surface area contributed by atoms with Crippen molar-refractivity contribution in [3.8, 4) is 11.5 Å². The number of nitrogens with one attached hydrogen (secondary N) is 1. The molecule has 25 heavy (non-hydrogen) atoms. The molecule has 2 aliphatic heterocycles. The van der Waals surface area contributed by atoms with Gasteiger partial charge >= 0.3 is 0 Å². The Balaban J connectivity index is 1.48. The van der Waals surface area contributed by atoms with E-state index in [1.807, 2.05) is 25.1 Å². The van der Waals surface area contributed by atoms with Gasteiger partial charge < -0.3 is 19.5 Å². The first-order chi connectivity index (χ1) is 12.2. The van der Waals surface area contributed by atoms with Gasteiger partial charge in [0.2, 0.25) is 0 Å². The summed E-state index contributed by atoms with van der Waals surface area (Å²) >= 11 is 0. The van der Waals surface area contributed by atoms with Crippen molar-refractivity contribution in [3.05, 3.63) is 58.7 Å². The lowest BCUT2D eigenvalue weighted by atomic mass is 9.97. The molecule has 2 heterocycles. The molecule has 4 rings (SSSR count). The Hall–Kier alpha value is -2.53. The van der Waals surface area contributed by atoms with Crippen LogP contribution in [0.4, 0.5) is 0 Å². The summed E-state index contributed by atoms with van der Waals surface area (Å²) < 4.78 is 17.0. The third-order valence-corrected chi connectivity index (χ3v) is 4.67. The molecule has 130 valence electrons. The molecule has 0 aliphatic carbocycles. The minimum absolute atomic E-state index is 0.105. The molecule has 2 aliphatic rings. The fourth-order valence-electron chi connectivity index (χ4n) is 3.36. The maximum Gasteiger partial charge on any atom is 0.251 e. The first kappa shape index (κ1) is 16.0. The third kappa shape index (κ3) is 3.20. The molecule has 0 saturated carbocycles. The molecule has 0 radical (unpaired) electrons. The number of ether oxygens (including phenoxy) is 3. The molecule has 0 aromatic heterocycles. The molecule has 1 atom stereocenters. The summed E-state index contributed by atoms with van der Waals surface area (Å²) in [5.41, 5.74) is 3.93. The van der Waals surface area contributed by atoms with Crippen molar-refractivity contribution < 1.29 is 19.0 Å². The molecule has 1 unspecified atom stereocenters. The van der Waals surface area contributed by atoms with E-state index in [0.29, 0.717) is 43.4 Å². The van der Waals surface area contributed by atoms with E-state index in [2.05, 4.69) is 17.4 Å². The highest BCUT2D eigenvalue weighted by molar-refractivity contribution is 5.96. The van der Waals surface area contributed by atoms with Crippen LogP contribution in [0.1, 0.15) is 33.2 Å². The van der Waals surface area contributed by atoms with Gasteiger partial charge in [-0.1, -0.05) is 24.3 Å². The van der Waals surface area contributed by atoms with Crippen molar-refractivity contribution in [2.45, 2.75) is 19.4 Å². The lowest BCUT2D eigenvalue weighted by molar-refractivity contribution is 0.0411. The van der Waals surface area contributed by atoms with Crippen molar-refractivity contribution in [2.24, 2.45) is 0 Å². The van der Waals surface area contributed by atoms with E-state index in [4.69, 9.17) is 14.2 Å². The molecule has 1 N–H and O–H groups in total. The van der Waals surface area contributed by atoms with Crippen LogP contribution in [0.5, 0.6) is 11.5 Å². The van der Waals surface area contributed by atoms with Crippen LogP contribution >= 0.6 is 0 Å². The zero-order valence-corrected chi connectivity index (χ0v) is 14.2. The standard InChI is InChI=1S/C20H21NO4/c1-13-10-17-18(25-9-8-24-17)11-16(13)20(22)21-12-19-15-5-3-2-4-14(15)6-7-23-19/h2-5,10-11,19H,6-9,12H2,1H3,(H,21,22). The monoisotopic (exact) mass is 339 g/mol. The number of carbonyl (C=O) groups excluding carboxylic acids is 1. The molecule has 0 saturated heterocycles. The van der Waals surface area contributed by atoms with Gasteiger partial charge in [-0.2, -0.15) is 0 Å². The number of aryl methyl sites for hydroxylation is 1. The third-order valence-electron chi connectivity index (χ3n) is 4.67. The van der Waals surface area contributed by atoms with Gasteiger partial charge in [0.15, 0.2) is 11.5 Å². The number of benzene rings is 2. The number of hydrogen-bond donors (Lipinski definition) is 1. The normalized spacial score (nSPS) is 18.4. The Morgan fingerprint density at radius 1 is 1.12 bits per heavy atom. The molecule has 2 aromatic rings. The fourth-order valence-corrected chi connectivity index (χ4v) is 3.36. The highest BCUT2D eigenvalue weighted by Gasteiger charge is 2.22. The van der Waals surface area contributed by atoms with Crippen molar-refractivity contribution >= 4 is 5.91 Å². The predicted molar refractivity (Wildman–Crippen MR) is 93.3 cm³/mol. The Bertz CT molecular complexity index is 802. The number of hydrogen-bond acceptors (Lipinski definition) is 4. The zero-order valence-electron chi connectivity index (χ0n) is 14.2. The molecule has 1 amide bonds. The van der Waals surface area contributed by atoms with Crippen LogP contribution in [0.2, 0.25) is 0 Å². The van der Waals surface area contributed by atoms with Crippen molar-refractivity contribution in [1.29, 1.82) is 0 Å². The number of rotatable bonds is 3. The van der Waals surface area contributed by atoms with Crippen LogP contribution in [0.3, 0.4) is 0 Å². The number of amides is 1. The highest BCUT2D eigenvalue weighted by Crippen LogP contribution is 2.33. The Morgan fingerprint density at radius 3 is 2.72 bits per heavy atom. The van der Waals surface area contributed by atoms with Gasteiger partial charge in [0, 0.05) is 12.1 Å². The number of carbonyl (C=O) groups is 1. The molecule has 0 spiro atoms. The maximum absolute atomic E-state index is 12.6. The van der Waals surface area contributed by atoms with Crippen molar-refractivity contribution in [2.75, 3.05) is 26.4 Å². The second-order valence-electron chi connectivity index (χ2n) is 6.33. The average Bonchev–Trinajstić information content (AvgIpc) is 2.65. The van der Waals surface area contributed by atoms with E-state index >= 15 is 0 Å². The molecule has 0 fully saturated rings. The molecule has 5 heteroatoms. The second kappa shape index (κ2) is 6.76. The molecule has 2 aromatic carbocycles. The first-order valence-corrected chi connectivity index (χ1v) is 8.60. The Morgan fingerprint density at radius 2 is 1.88 bits per heavy atom. The van der Waals surface area contributed by atoms with Crippen molar-refractivity contribution in [3.63, 3.8) is 0 Å². The summed E-state index contributed by atoms with van der Waals surface area (Å²) in [5, 5.41) is 3.00. The molecular formula is C20H21NO4. The fraction of sp³-hybridized carbons (Fsp3) is 0.350. The Kier molecular flexibility index (Phi) is 4.32. The molecular weight excluding hydrogens is 318 g/mol. The van der Waals surface area contributed by atoms with Crippen LogP contribution in [0.25, 0.3) is 0 Å². The van der Waals surface area contributed by atoms with E-state index < -0.39 is 0 Å². The zero-order chi connectivity index (χ0) is 17.2. The lowest BCUT2D eigenvalue weighted by Gasteiger charge is -2.26. The van der Waals surface area contributed by atoms with E-state index in [-0.39, 0.29) is 12.0 Å². The number of fused-ring (bicyclic) bond motifs is 2. The van der Waals surface area contributed by atoms with Crippen LogP contribution in [0.15, 0.2) is 36.4 Å². The van der Waals surface area contributed by atoms with Gasteiger partial charge in [0.1, 0.15) is 19.3 Å². The molecule has 5 nitrogen and oxygen atoms in total. The van der Waals surface area contributed by atoms with E-state index in [9.17, 15) is 4.79 Å². The minimum Gasteiger partial charge on any atom is -0.486 e. The highest BCUT2D eigenvalue weighted by atomic mass is 16.6. The molecule has 0 bridgehead atoms. The summed E-state index contributed by atoms with van der Waals surface area (Å²) in [5.74, 6) is 1.20. The summed E-state index contributed by atoms with van der Waals surface area (Å²) in [7, 11) is 0. The van der Waals surface area contributed by atoms with E-state index in [1.54, 1.807) is 6.07 Å². The smallest absolute Gasteiger partial charge is 0.251 e. The van der Waals surface area contributed by atoms with Gasteiger partial charge in [-0.3, -0.25) is 4.79 Å². The lowest BCUT2D eigenvalue weighted by Crippen LogP contribution is -2.32. The van der Waals surface area contributed by atoms with Gasteiger partial charge in [-0.05, 0) is 42.2 Å². The van der Waals surface area contributed by atoms with Crippen molar-refractivity contribution in [1.82, 2.24) is 5.32 Å². The average molecular weight is 339 g/mol. The van der Waals surface area contributed by atoms with Gasteiger partial charge in [-0.25, -0.2) is 0 Å².